The lowest BCUT2D eigenvalue weighted by atomic mass is 10.1. The van der Waals surface area contributed by atoms with Crippen LogP contribution >= 0.6 is 11.6 Å². The fraction of sp³-hybridized carbons (Fsp3) is 0.286. The van der Waals surface area contributed by atoms with Crippen molar-refractivity contribution in [2.75, 3.05) is 16.8 Å². The first-order chi connectivity index (χ1) is 14.3. The van der Waals surface area contributed by atoms with E-state index in [1.165, 1.54) is 5.01 Å². The normalized spacial score (nSPS) is 20.1. The van der Waals surface area contributed by atoms with Crippen LogP contribution in [0.2, 0.25) is 5.02 Å². The van der Waals surface area contributed by atoms with E-state index in [9.17, 15) is 14.4 Å². The van der Waals surface area contributed by atoms with Crippen LogP contribution in [-0.4, -0.2) is 41.4 Å². The SMILES string of the molecule is Cc1ccc(N2C(=O)[C@@H]3[C@@H](N=NN3CC(=O)Nc3cccc(C)c3C)C2=O)cc1Cl. The van der Waals surface area contributed by atoms with Gasteiger partial charge >= 0.3 is 0 Å². The molecule has 1 fully saturated rings. The van der Waals surface area contributed by atoms with Gasteiger partial charge in [0.05, 0.1) is 5.69 Å². The van der Waals surface area contributed by atoms with E-state index < -0.39 is 23.9 Å². The fourth-order valence-electron chi connectivity index (χ4n) is 3.55. The smallest absolute Gasteiger partial charge is 0.263 e. The van der Waals surface area contributed by atoms with Gasteiger partial charge in [-0.1, -0.05) is 35.0 Å². The second kappa shape index (κ2) is 7.53. The minimum Gasteiger partial charge on any atom is -0.324 e. The first-order valence-corrected chi connectivity index (χ1v) is 9.83. The summed E-state index contributed by atoms with van der Waals surface area (Å²) in [6, 6.07) is 8.68. The minimum atomic E-state index is -0.967. The number of carbonyl (C=O) groups excluding carboxylic acids is 3. The molecule has 30 heavy (non-hydrogen) atoms. The number of benzene rings is 2. The van der Waals surface area contributed by atoms with Crippen LogP contribution in [-0.2, 0) is 14.4 Å². The zero-order chi connectivity index (χ0) is 21.6. The lowest BCUT2D eigenvalue weighted by molar-refractivity contribution is -0.123. The van der Waals surface area contributed by atoms with E-state index in [4.69, 9.17) is 11.6 Å². The van der Waals surface area contributed by atoms with Gasteiger partial charge in [0.1, 0.15) is 6.54 Å². The van der Waals surface area contributed by atoms with E-state index in [1.54, 1.807) is 18.2 Å². The van der Waals surface area contributed by atoms with E-state index in [0.29, 0.717) is 16.4 Å². The molecule has 3 amide bonds. The monoisotopic (exact) mass is 425 g/mol. The highest BCUT2D eigenvalue weighted by atomic mass is 35.5. The molecule has 2 aromatic carbocycles. The number of carbonyl (C=O) groups is 3. The third kappa shape index (κ3) is 3.33. The van der Waals surface area contributed by atoms with Gasteiger partial charge in [-0.05, 0) is 55.7 Å². The Morgan fingerprint density at radius 3 is 2.60 bits per heavy atom. The molecule has 2 atom stereocenters. The van der Waals surface area contributed by atoms with E-state index in [1.807, 2.05) is 39.0 Å². The quantitative estimate of drug-likeness (QED) is 0.761. The molecule has 2 heterocycles. The Kier molecular flexibility index (Phi) is 5.03. The largest absolute Gasteiger partial charge is 0.324 e. The van der Waals surface area contributed by atoms with Crippen molar-refractivity contribution >= 4 is 40.7 Å². The molecule has 0 saturated carbocycles. The van der Waals surface area contributed by atoms with Crippen molar-refractivity contribution in [1.29, 1.82) is 0 Å². The zero-order valence-corrected chi connectivity index (χ0v) is 17.5. The van der Waals surface area contributed by atoms with E-state index in [2.05, 4.69) is 15.7 Å². The number of aryl methyl sites for hydroxylation is 2. The molecule has 9 heteroatoms. The van der Waals surface area contributed by atoms with Crippen LogP contribution in [0.1, 0.15) is 16.7 Å². The van der Waals surface area contributed by atoms with Gasteiger partial charge in [0, 0.05) is 10.7 Å². The Hall–Kier alpha value is -3.26. The average Bonchev–Trinajstić information content (AvgIpc) is 3.21. The number of imide groups is 1. The highest BCUT2D eigenvalue weighted by Crippen LogP contribution is 2.33. The molecule has 0 bridgehead atoms. The number of nitrogens with one attached hydrogen (secondary N) is 1. The summed E-state index contributed by atoms with van der Waals surface area (Å²) in [5.74, 6) is -1.30. The molecule has 4 rings (SSSR count). The molecule has 0 aliphatic carbocycles. The molecule has 2 aliphatic rings. The second-order valence-electron chi connectivity index (χ2n) is 7.43. The van der Waals surface area contributed by atoms with Crippen molar-refractivity contribution in [3.8, 4) is 0 Å². The van der Waals surface area contributed by atoms with Crippen molar-refractivity contribution in [2.24, 2.45) is 10.3 Å². The van der Waals surface area contributed by atoms with E-state index >= 15 is 0 Å². The van der Waals surface area contributed by atoms with Gasteiger partial charge in [-0.3, -0.25) is 19.4 Å². The van der Waals surface area contributed by atoms with Crippen LogP contribution in [0.5, 0.6) is 0 Å². The fourth-order valence-corrected chi connectivity index (χ4v) is 3.73. The molecule has 0 aromatic heterocycles. The first kappa shape index (κ1) is 20.0. The van der Waals surface area contributed by atoms with Crippen molar-refractivity contribution in [2.45, 2.75) is 32.9 Å². The van der Waals surface area contributed by atoms with Crippen LogP contribution in [0.25, 0.3) is 0 Å². The zero-order valence-electron chi connectivity index (χ0n) is 16.7. The van der Waals surface area contributed by atoms with Gasteiger partial charge in [-0.25, -0.2) is 4.90 Å². The van der Waals surface area contributed by atoms with Crippen LogP contribution in [0.3, 0.4) is 0 Å². The number of anilines is 2. The number of rotatable bonds is 4. The number of hydrogen-bond acceptors (Lipinski definition) is 6. The molecule has 2 aromatic rings. The van der Waals surface area contributed by atoms with Gasteiger partial charge in [0.15, 0.2) is 12.1 Å². The molecule has 0 spiro atoms. The van der Waals surface area contributed by atoms with Crippen molar-refractivity contribution < 1.29 is 14.4 Å². The highest BCUT2D eigenvalue weighted by Gasteiger charge is 2.55. The number of amides is 3. The number of fused-ring (bicyclic) bond motifs is 1. The maximum atomic E-state index is 13.0. The van der Waals surface area contributed by atoms with Gasteiger partial charge in [0.2, 0.25) is 5.91 Å². The highest BCUT2D eigenvalue weighted by molar-refractivity contribution is 6.32. The van der Waals surface area contributed by atoms with Crippen molar-refractivity contribution in [3.05, 3.63) is 58.1 Å². The Labute approximate surface area is 178 Å². The summed E-state index contributed by atoms with van der Waals surface area (Å²) in [6.45, 7) is 5.51. The molecule has 0 unspecified atom stereocenters. The standard InChI is InChI=1S/C21H20ClN5O3/c1-11-5-4-6-16(13(11)3)23-17(28)10-26-19-18(24-25-26)20(29)27(21(19)30)14-8-7-12(2)15(22)9-14/h4-9,18-19H,10H2,1-3H3,(H,23,28)/t18-,19+/m1/s1. The third-order valence-electron chi connectivity index (χ3n) is 5.46. The van der Waals surface area contributed by atoms with Gasteiger partial charge < -0.3 is 5.32 Å². The van der Waals surface area contributed by atoms with Crippen LogP contribution in [0.4, 0.5) is 11.4 Å². The molecule has 1 N–H and O–H groups in total. The summed E-state index contributed by atoms with van der Waals surface area (Å²) in [5.41, 5.74) is 3.92. The number of nitrogens with zero attached hydrogens (tertiary/aromatic N) is 4. The number of halogens is 1. The van der Waals surface area contributed by atoms with Gasteiger partial charge in [0.25, 0.3) is 11.8 Å². The molecular weight excluding hydrogens is 406 g/mol. The second-order valence-corrected chi connectivity index (χ2v) is 7.84. The third-order valence-corrected chi connectivity index (χ3v) is 5.86. The van der Waals surface area contributed by atoms with Crippen LogP contribution in [0, 0.1) is 20.8 Å². The van der Waals surface area contributed by atoms with Crippen LogP contribution in [0.15, 0.2) is 46.7 Å². The predicted molar refractivity (Wildman–Crippen MR) is 112 cm³/mol. The minimum absolute atomic E-state index is 0.195. The topological polar surface area (TPSA) is 94.4 Å². The van der Waals surface area contributed by atoms with Gasteiger partial charge in [-0.2, -0.15) is 5.11 Å². The predicted octanol–water partition coefficient (Wildman–Crippen LogP) is 3.20. The Morgan fingerprint density at radius 1 is 1.10 bits per heavy atom. The Bertz CT molecular complexity index is 1100. The molecule has 1 saturated heterocycles. The van der Waals surface area contributed by atoms with E-state index in [0.717, 1.165) is 21.6 Å². The summed E-state index contributed by atoms with van der Waals surface area (Å²) < 4.78 is 0. The Morgan fingerprint density at radius 2 is 1.87 bits per heavy atom. The summed E-state index contributed by atoms with van der Waals surface area (Å²) in [5, 5.41) is 12.4. The summed E-state index contributed by atoms with van der Waals surface area (Å²) in [7, 11) is 0. The summed E-state index contributed by atoms with van der Waals surface area (Å²) >= 11 is 6.15. The van der Waals surface area contributed by atoms with E-state index in [-0.39, 0.29) is 12.5 Å². The van der Waals surface area contributed by atoms with Crippen molar-refractivity contribution in [3.63, 3.8) is 0 Å². The summed E-state index contributed by atoms with van der Waals surface area (Å²) in [6.07, 6.45) is 0. The number of hydrogen-bond donors (Lipinski definition) is 1. The molecular formula is C21H20ClN5O3. The van der Waals surface area contributed by atoms with Crippen molar-refractivity contribution in [1.82, 2.24) is 5.01 Å². The Balaban J connectivity index is 1.51. The van der Waals surface area contributed by atoms with Crippen LogP contribution < -0.4 is 10.2 Å². The molecule has 0 radical (unpaired) electrons. The lowest BCUT2D eigenvalue weighted by Crippen LogP contribution is -2.43. The average molecular weight is 426 g/mol. The molecule has 2 aliphatic heterocycles. The van der Waals surface area contributed by atoms with Gasteiger partial charge in [-0.15, -0.1) is 0 Å². The molecule has 8 nitrogen and oxygen atoms in total. The molecule has 154 valence electrons. The first-order valence-electron chi connectivity index (χ1n) is 9.45. The maximum Gasteiger partial charge on any atom is 0.263 e. The summed E-state index contributed by atoms with van der Waals surface area (Å²) in [4.78, 5) is 39.4. The maximum absolute atomic E-state index is 13.0. The lowest BCUT2D eigenvalue weighted by Gasteiger charge is -2.20.